The van der Waals surface area contributed by atoms with Crippen LogP contribution in [-0.2, 0) is 17.7 Å². The van der Waals surface area contributed by atoms with Gasteiger partial charge in [-0.2, -0.15) is 8.78 Å². The van der Waals surface area contributed by atoms with Crippen molar-refractivity contribution >= 4 is 5.96 Å². The maximum atomic E-state index is 12.6. The molecule has 0 saturated carbocycles. The van der Waals surface area contributed by atoms with Gasteiger partial charge in [-0.15, -0.1) is 0 Å². The lowest BCUT2D eigenvalue weighted by molar-refractivity contribution is -0.0504. The van der Waals surface area contributed by atoms with Crippen molar-refractivity contribution in [1.29, 1.82) is 0 Å². The quantitative estimate of drug-likeness (QED) is 0.453. The minimum atomic E-state index is -2.87. The predicted molar refractivity (Wildman–Crippen MR) is 110 cm³/mol. The monoisotopic (exact) mass is 422 g/mol. The van der Waals surface area contributed by atoms with Crippen molar-refractivity contribution in [1.82, 2.24) is 15.5 Å². The molecule has 0 aliphatic carbocycles. The molecule has 1 saturated heterocycles. The number of hydrogen-bond acceptors (Lipinski definition) is 5. The lowest BCUT2D eigenvalue weighted by atomic mass is 10.2. The molecule has 0 amide bonds. The van der Waals surface area contributed by atoms with E-state index in [9.17, 15) is 8.78 Å². The van der Waals surface area contributed by atoms with E-state index in [0.29, 0.717) is 31.0 Å². The summed E-state index contributed by atoms with van der Waals surface area (Å²) >= 11 is 0. The maximum Gasteiger partial charge on any atom is 0.387 e. The zero-order chi connectivity index (χ0) is 21.0. The van der Waals surface area contributed by atoms with Crippen molar-refractivity contribution < 1.29 is 22.7 Å². The molecular formula is C21H28F2N4O3. The number of morpholine rings is 1. The summed E-state index contributed by atoms with van der Waals surface area (Å²) in [5.41, 5.74) is 0.595. The molecule has 7 nitrogen and oxygen atoms in total. The first-order valence-electron chi connectivity index (χ1n) is 10.1. The summed E-state index contributed by atoms with van der Waals surface area (Å²) in [6, 6.07) is 10.5. The van der Waals surface area contributed by atoms with Crippen LogP contribution in [-0.4, -0.2) is 63.4 Å². The average Bonchev–Trinajstić information content (AvgIpc) is 3.26. The van der Waals surface area contributed by atoms with E-state index >= 15 is 0 Å². The third-order valence-electron chi connectivity index (χ3n) is 4.66. The van der Waals surface area contributed by atoms with Crippen LogP contribution in [0.25, 0.3) is 0 Å². The highest BCUT2D eigenvalue weighted by Gasteiger charge is 2.11. The molecule has 3 rings (SSSR count). The second-order valence-corrected chi connectivity index (χ2v) is 6.79. The number of nitrogens with zero attached hydrogens (tertiary/aromatic N) is 2. The minimum absolute atomic E-state index is 0.138. The van der Waals surface area contributed by atoms with Gasteiger partial charge >= 0.3 is 6.61 Å². The fourth-order valence-corrected chi connectivity index (χ4v) is 3.10. The van der Waals surface area contributed by atoms with Crippen LogP contribution in [0.1, 0.15) is 11.3 Å². The fraction of sp³-hybridized carbons (Fsp3) is 0.476. The van der Waals surface area contributed by atoms with Crippen molar-refractivity contribution in [3.8, 4) is 5.75 Å². The van der Waals surface area contributed by atoms with E-state index in [4.69, 9.17) is 9.15 Å². The number of furan rings is 1. The van der Waals surface area contributed by atoms with Crippen molar-refractivity contribution in [2.45, 2.75) is 19.6 Å². The van der Waals surface area contributed by atoms with Crippen molar-refractivity contribution in [3.63, 3.8) is 0 Å². The molecule has 1 aliphatic heterocycles. The van der Waals surface area contributed by atoms with Gasteiger partial charge in [-0.3, -0.25) is 4.90 Å². The van der Waals surface area contributed by atoms with Crippen molar-refractivity contribution in [3.05, 3.63) is 54.0 Å². The fourth-order valence-electron chi connectivity index (χ4n) is 3.10. The molecule has 30 heavy (non-hydrogen) atoms. The number of alkyl halides is 2. The van der Waals surface area contributed by atoms with Crippen LogP contribution < -0.4 is 15.4 Å². The number of hydrogen-bond donors (Lipinski definition) is 2. The Morgan fingerprint density at radius 3 is 2.67 bits per heavy atom. The van der Waals surface area contributed by atoms with E-state index in [2.05, 4.69) is 25.3 Å². The molecule has 1 fully saturated rings. The van der Waals surface area contributed by atoms with Crippen LogP contribution in [0.3, 0.4) is 0 Å². The molecule has 2 N–H and O–H groups in total. The summed E-state index contributed by atoms with van der Waals surface area (Å²) in [4.78, 5) is 6.88. The van der Waals surface area contributed by atoms with Gasteiger partial charge in [-0.1, -0.05) is 18.2 Å². The third kappa shape index (κ3) is 7.64. The topological polar surface area (TPSA) is 71.3 Å². The zero-order valence-corrected chi connectivity index (χ0v) is 16.9. The van der Waals surface area contributed by atoms with Gasteiger partial charge in [-0.25, -0.2) is 4.99 Å². The summed E-state index contributed by atoms with van der Waals surface area (Å²) in [6.45, 7) is 2.90. The third-order valence-corrected chi connectivity index (χ3v) is 4.66. The van der Waals surface area contributed by atoms with Gasteiger partial charge in [0.15, 0.2) is 5.96 Å². The minimum Gasteiger partial charge on any atom is -0.469 e. The number of para-hydroxylation sites is 1. The molecule has 164 valence electrons. The molecule has 0 bridgehead atoms. The van der Waals surface area contributed by atoms with E-state index in [1.165, 1.54) is 6.07 Å². The van der Waals surface area contributed by atoms with Gasteiger partial charge in [0.1, 0.15) is 11.5 Å². The van der Waals surface area contributed by atoms with Crippen LogP contribution in [0.5, 0.6) is 5.75 Å². The summed E-state index contributed by atoms with van der Waals surface area (Å²) < 4.78 is 40.6. The van der Waals surface area contributed by atoms with Crippen molar-refractivity contribution in [2.75, 3.05) is 45.9 Å². The lowest BCUT2D eigenvalue weighted by Crippen LogP contribution is -2.44. The Morgan fingerprint density at radius 1 is 1.10 bits per heavy atom. The van der Waals surface area contributed by atoms with Gasteiger partial charge in [-0.05, 0) is 18.2 Å². The standard InChI is InChI=1S/C21H28F2N4O3/c22-20(23)30-19-6-2-1-4-17(19)16-26-21(24-8-7-18-5-3-13-29-18)25-9-10-27-11-14-28-15-12-27/h1-6,13,20H,7-12,14-16H2,(H2,24,25,26). The number of rotatable bonds is 10. The van der Waals surface area contributed by atoms with Gasteiger partial charge in [0, 0.05) is 44.7 Å². The van der Waals surface area contributed by atoms with E-state index in [1.807, 2.05) is 12.1 Å². The number of aliphatic imine (C=N–C) groups is 1. The molecule has 0 radical (unpaired) electrons. The number of ether oxygens (including phenoxy) is 2. The van der Waals surface area contributed by atoms with Crippen LogP contribution >= 0.6 is 0 Å². The lowest BCUT2D eigenvalue weighted by Gasteiger charge is -2.26. The highest BCUT2D eigenvalue weighted by molar-refractivity contribution is 5.79. The highest BCUT2D eigenvalue weighted by Crippen LogP contribution is 2.20. The first-order valence-corrected chi connectivity index (χ1v) is 10.1. The summed E-state index contributed by atoms with van der Waals surface area (Å²) in [5.74, 6) is 1.63. The smallest absolute Gasteiger partial charge is 0.387 e. The molecule has 0 spiro atoms. The van der Waals surface area contributed by atoms with Gasteiger partial charge in [0.05, 0.1) is 26.0 Å². The van der Waals surface area contributed by atoms with Crippen LogP contribution in [0, 0.1) is 0 Å². The van der Waals surface area contributed by atoms with Crippen LogP contribution in [0.4, 0.5) is 8.78 Å². The average molecular weight is 422 g/mol. The van der Waals surface area contributed by atoms with Crippen molar-refractivity contribution in [2.24, 2.45) is 4.99 Å². The summed E-state index contributed by atoms with van der Waals surface area (Å²) in [7, 11) is 0. The number of halogens is 2. The molecule has 2 aromatic rings. The maximum absolute atomic E-state index is 12.6. The molecule has 2 heterocycles. The molecule has 9 heteroatoms. The van der Waals surface area contributed by atoms with Crippen LogP contribution in [0.2, 0.25) is 0 Å². The first-order chi connectivity index (χ1) is 14.7. The van der Waals surface area contributed by atoms with E-state index in [-0.39, 0.29) is 12.3 Å². The Balaban J connectivity index is 1.57. The second kappa shape index (κ2) is 12.1. The molecule has 0 unspecified atom stereocenters. The summed E-state index contributed by atoms with van der Waals surface area (Å²) in [5, 5.41) is 6.59. The van der Waals surface area contributed by atoms with E-state index < -0.39 is 6.61 Å². The largest absolute Gasteiger partial charge is 0.469 e. The Morgan fingerprint density at radius 2 is 1.90 bits per heavy atom. The Hall–Kier alpha value is -2.65. The number of guanidine groups is 1. The molecule has 1 aromatic carbocycles. The number of benzene rings is 1. The Labute approximate surface area is 175 Å². The molecular weight excluding hydrogens is 394 g/mol. The van der Waals surface area contributed by atoms with Gasteiger partial charge < -0.3 is 24.5 Å². The SMILES string of the molecule is FC(F)Oc1ccccc1CN=C(NCCc1ccco1)NCCN1CCOCC1. The zero-order valence-electron chi connectivity index (χ0n) is 16.9. The molecule has 1 aliphatic rings. The first kappa shape index (κ1) is 22.0. The Bertz CT molecular complexity index is 765. The Kier molecular flexibility index (Phi) is 8.92. The predicted octanol–water partition coefficient (Wildman–Crippen LogP) is 2.49. The normalized spacial score (nSPS) is 15.4. The van der Waals surface area contributed by atoms with E-state index in [1.54, 1.807) is 24.5 Å². The molecule has 0 atom stereocenters. The van der Waals surface area contributed by atoms with Crippen LogP contribution in [0.15, 0.2) is 52.1 Å². The van der Waals surface area contributed by atoms with Gasteiger partial charge in [0.25, 0.3) is 0 Å². The molecule has 1 aromatic heterocycles. The summed E-state index contributed by atoms with van der Waals surface area (Å²) in [6.07, 6.45) is 2.35. The number of nitrogens with one attached hydrogen (secondary N) is 2. The van der Waals surface area contributed by atoms with E-state index in [0.717, 1.165) is 38.6 Å². The van der Waals surface area contributed by atoms with Gasteiger partial charge in [0.2, 0.25) is 0 Å². The highest BCUT2D eigenvalue weighted by atomic mass is 19.3. The second-order valence-electron chi connectivity index (χ2n) is 6.79.